The normalized spacial score (nSPS) is 26.3. The molecular formula is C19H28N2O3S. The number of amides is 1. The summed E-state index contributed by atoms with van der Waals surface area (Å²) in [4.78, 5) is 17.1. The van der Waals surface area contributed by atoms with E-state index in [9.17, 15) is 13.2 Å². The van der Waals surface area contributed by atoms with Crippen LogP contribution in [0.1, 0.15) is 32.3 Å². The van der Waals surface area contributed by atoms with E-state index in [2.05, 4.69) is 17.0 Å². The number of hydrogen-bond acceptors (Lipinski definition) is 4. The van der Waals surface area contributed by atoms with Crippen molar-refractivity contribution >= 4 is 15.7 Å². The molecule has 0 saturated carbocycles. The Kier molecular flexibility index (Phi) is 5.21. The number of likely N-dealkylation sites (tertiary alicyclic amines) is 1. The third-order valence-electron chi connectivity index (χ3n) is 5.46. The van der Waals surface area contributed by atoms with Crippen LogP contribution in [0.4, 0.5) is 0 Å². The fraction of sp³-hybridized carbons (Fsp3) is 0.632. The fourth-order valence-corrected chi connectivity index (χ4v) is 5.20. The third-order valence-corrected chi connectivity index (χ3v) is 7.99. The molecule has 1 aromatic rings. The number of nitrogens with zero attached hydrogens (tertiary/aromatic N) is 2. The molecule has 1 unspecified atom stereocenters. The average molecular weight is 365 g/mol. The Morgan fingerprint density at radius 1 is 1.20 bits per heavy atom. The van der Waals surface area contributed by atoms with E-state index in [0.29, 0.717) is 13.1 Å². The molecule has 0 spiro atoms. The number of benzene rings is 1. The molecule has 0 bridgehead atoms. The molecule has 0 aromatic heterocycles. The Bertz CT molecular complexity index is 715. The van der Waals surface area contributed by atoms with Gasteiger partial charge in [-0.1, -0.05) is 30.3 Å². The zero-order valence-corrected chi connectivity index (χ0v) is 16.0. The van der Waals surface area contributed by atoms with Gasteiger partial charge in [0.15, 0.2) is 9.84 Å². The summed E-state index contributed by atoms with van der Waals surface area (Å²) in [5, 5.41) is 0. The maximum Gasteiger partial charge on any atom is 0.227 e. The van der Waals surface area contributed by atoms with Crippen molar-refractivity contribution in [1.82, 2.24) is 9.80 Å². The average Bonchev–Trinajstić information content (AvgIpc) is 2.58. The van der Waals surface area contributed by atoms with E-state index in [1.54, 1.807) is 18.7 Å². The van der Waals surface area contributed by atoms with Crippen molar-refractivity contribution in [2.24, 2.45) is 5.92 Å². The van der Waals surface area contributed by atoms with Crippen molar-refractivity contribution < 1.29 is 13.2 Å². The lowest BCUT2D eigenvalue weighted by Gasteiger charge is -2.41. The summed E-state index contributed by atoms with van der Waals surface area (Å²) in [6.07, 6.45) is 1.91. The summed E-state index contributed by atoms with van der Waals surface area (Å²) in [5.41, 5.74) is 1.26. The van der Waals surface area contributed by atoms with Crippen molar-refractivity contribution in [3.8, 4) is 0 Å². The van der Waals surface area contributed by atoms with Crippen LogP contribution in [0.2, 0.25) is 0 Å². The number of piperidine rings is 1. The monoisotopic (exact) mass is 364 g/mol. The van der Waals surface area contributed by atoms with E-state index >= 15 is 0 Å². The highest BCUT2D eigenvalue weighted by Crippen LogP contribution is 2.27. The molecule has 2 aliphatic heterocycles. The molecule has 2 aliphatic rings. The summed E-state index contributed by atoms with van der Waals surface area (Å²) in [5.74, 6) is 0.182. The first-order valence-electron chi connectivity index (χ1n) is 9.06. The lowest BCUT2D eigenvalue weighted by Crippen LogP contribution is -2.56. The summed E-state index contributed by atoms with van der Waals surface area (Å²) < 4.78 is 23.5. The minimum atomic E-state index is -3.11. The fourth-order valence-electron chi connectivity index (χ4n) is 3.83. The maximum absolute atomic E-state index is 13.0. The molecule has 1 atom stereocenters. The van der Waals surface area contributed by atoms with Gasteiger partial charge >= 0.3 is 0 Å². The third kappa shape index (κ3) is 4.06. The van der Waals surface area contributed by atoms with Crippen LogP contribution in [0.15, 0.2) is 30.3 Å². The topological polar surface area (TPSA) is 57.7 Å². The Morgan fingerprint density at radius 2 is 1.92 bits per heavy atom. The van der Waals surface area contributed by atoms with Crippen molar-refractivity contribution in [3.05, 3.63) is 35.9 Å². The highest BCUT2D eigenvalue weighted by atomic mass is 32.2. The second-order valence-corrected chi connectivity index (χ2v) is 10.6. The van der Waals surface area contributed by atoms with Crippen molar-refractivity contribution in [2.45, 2.75) is 38.0 Å². The molecule has 0 aliphatic carbocycles. The van der Waals surface area contributed by atoms with Gasteiger partial charge in [-0.25, -0.2) is 8.42 Å². The van der Waals surface area contributed by atoms with E-state index in [0.717, 1.165) is 32.5 Å². The zero-order valence-electron chi connectivity index (χ0n) is 15.1. The Morgan fingerprint density at radius 3 is 2.60 bits per heavy atom. The SMILES string of the molecule is CC1(C)CN(C(=O)C2CCCN(Cc3ccccc3)C2)CCS1(=O)=O. The van der Waals surface area contributed by atoms with E-state index in [-0.39, 0.29) is 17.6 Å². The summed E-state index contributed by atoms with van der Waals surface area (Å²) >= 11 is 0. The van der Waals surface area contributed by atoms with E-state index < -0.39 is 14.6 Å². The van der Waals surface area contributed by atoms with Crippen LogP contribution < -0.4 is 0 Å². The number of carbonyl (C=O) groups is 1. The standard InChI is InChI=1S/C19H28N2O3S/c1-19(2)15-21(11-12-25(19,23)24)18(22)17-9-6-10-20(14-17)13-16-7-4-3-5-8-16/h3-5,7-8,17H,6,9-15H2,1-2H3. The van der Waals surface area contributed by atoms with Gasteiger partial charge in [0.05, 0.1) is 16.4 Å². The number of sulfone groups is 1. The van der Waals surface area contributed by atoms with Gasteiger partial charge in [0.1, 0.15) is 0 Å². The number of hydrogen-bond donors (Lipinski definition) is 0. The zero-order chi connectivity index (χ0) is 18.1. The molecule has 6 heteroatoms. The van der Waals surface area contributed by atoms with Crippen molar-refractivity contribution in [3.63, 3.8) is 0 Å². The molecular weight excluding hydrogens is 336 g/mol. The first-order chi connectivity index (χ1) is 11.8. The summed E-state index contributed by atoms with van der Waals surface area (Å²) in [6.45, 7) is 6.73. The summed E-state index contributed by atoms with van der Waals surface area (Å²) in [7, 11) is -3.11. The van der Waals surface area contributed by atoms with Crippen LogP contribution in [-0.2, 0) is 21.2 Å². The van der Waals surface area contributed by atoms with Gasteiger partial charge < -0.3 is 4.90 Å². The van der Waals surface area contributed by atoms with Gasteiger partial charge in [0.2, 0.25) is 5.91 Å². The predicted octanol–water partition coefficient (Wildman–Crippen LogP) is 1.93. The molecule has 1 aromatic carbocycles. The van der Waals surface area contributed by atoms with Gasteiger partial charge in [-0.05, 0) is 38.8 Å². The molecule has 2 saturated heterocycles. The second-order valence-electron chi connectivity index (χ2n) is 7.90. The molecule has 2 fully saturated rings. The van der Waals surface area contributed by atoms with Gasteiger partial charge in [0, 0.05) is 26.2 Å². The van der Waals surface area contributed by atoms with Crippen LogP contribution in [-0.4, -0.2) is 60.8 Å². The minimum Gasteiger partial charge on any atom is -0.340 e. The Hall–Kier alpha value is -1.40. The predicted molar refractivity (Wildman–Crippen MR) is 98.9 cm³/mol. The highest BCUT2D eigenvalue weighted by Gasteiger charge is 2.43. The maximum atomic E-state index is 13.0. The minimum absolute atomic E-state index is 0.0194. The van der Waals surface area contributed by atoms with Gasteiger partial charge in [0.25, 0.3) is 0 Å². The van der Waals surface area contributed by atoms with Crippen LogP contribution in [0.3, 0.4) is 0 Å². The largest absolute Gasteiger partial charge is 0.340 e. The number of carbonyl (C=O) groups excluding carboxylic acids is 1. The van der Waals surface area contributed by atoms with Crippen LogP contribution >= 0.6 is 0 Å². The number of rotatable bonds is 3. The molecule has 138 valence electrons. The van der Waals surface area contributed by atoms with Crippen molar-refractivity contribution in [1.29, 1.82) is 0 Å². The van der Waals surface area contributed by atoms with Crippen LogP contribution in [0.25, 0.3) is 0 Å². The lowest BCUT2D eigenvalue weighted by atomic mass is 9.95. The van der Waals surface area contributed by atoms with Gasteiger partial charge in [-0.15, -0.1) is 0 Å². The van der Waals surface area contributed by atoms with E-state index in [1.807, 2.05) is 18.2 Å². The molecule has 5 nitrogen and oxygen atoms in total. The van der Waals surface area contributed by atoms with Crippen LogP contribution in [0, 0.1) is 5.92 Å². The van der Waals surface area contributed by atoms with Crippen LogP contribution in [0.5, 0.6) is 0 Å². The first kappa shape index (κ1) is 18.4. The molecule has 1 amide bonds. The summed E-state index contributed by atoms with van der Waals surface area (Å²) in [6, 6.07) is 10.3. The lowest BCUT2D eigenvalue weighted by molar-refractivity contribution is -0.137. The Labute approximate surface area is 150 Å². The van der Waals surface area contributed by atoms with E-state index in [4.69, 9.17) is 0 Å². The molecule has 0 radical (unpaired) electrons. The van der Waals surface area contributed by atoms with Gasteiger partial charge in [-0.3, -0.25) is 9.69 Å². The highest BCUT2D eigenvalue weighted by molar-refractivity contribution is 7.92. The van der Waals surface area contributed by atoms with Gasteiger partial charge in [-0.2, -0.15) is 0 Å². The molecule has 3 rings (SSSR count). The first-order valence-corrected chi connectivity index (χ1v) is 10.7. The molecule has 0 N–H and O–H groups in total. The molecule has 25 heavy (non-hydrogen) atoms. The Balaban J connectivity index is 1.62. The second kappa shape index (κ2) is 7.08. The molecule has 2 heterocycles. The quantitative estimate of drug-likeness (QED) is 0.822. The van der Waals surface area contributed by atoms with E-state index in [1.165, 1.54) is 5.56 Å². The van der Waals surface area contributed by atoms with Crippen molar-refractivity contribution in [2.75, 3.05) is 31.9 Å². The smallest absolute Gasteiger partial charge is 0.227 e.